The van der Waals surface area contributed by atoms with Crippen molar-refractivity contribution >= 4 is 33.1 Å². The smallest absolute Gasteiger partial charge is 0.0923 e. The molecule has 0 fully saturated rings. The summed E-state index contributed by atoms with van der Waals surface area (Å²) in [5.74, 6) is 0. The Morgan fingerprint density at radius 3 is 1.94 bits per heavy atom. The lowest BCUT2D eigenvalue weighted by Crippen LogP contribution is -2.31. The van der Waals surface area contributed by atoms with Crippen LogP contribution in [0.4, 0.5) is 0 Å². The third-order valence-corrected chi connectivity index (χ3v) is 7.54. The molecule has 0 bridgehead atoms. The highest BCUT2D eigenvalue weighted by molar-refractivity contribution is 6.32. The molecule has 1 atom stereocenters. The van der Waals surface area contributed by atoms with Gasteiger partial charge in [0.05, 0.1) is 6.10 Å². The van der Waals surface area contributed by atoms with Crippen molar-refractivity contribution in [1.29, 1.82) is 0 Å². The SMILES string of the molecule is CCCCCCCCN(CCCCCCCC)CC(O)c1cc2ccccc2c2cc(Cl)ccc12. The van der Waals surface area contributed by atoms with E-state index in [0.717, 1.165) is 39.8 Å². The van der Waals surface area contributed by atoms with Crippen LogP contribution in [-0.4, -0.2) is 29.6 Å². The fourth-order valence-electron chi connectivity index (χ4n) is 5.25. The first kappa shape index (κ1) is 28.0. The lowest BCUT2D eigenvalue weighted by atomic mass is 9.94. The second-order valence-corrected chi connectivity index (χ2v) is 10.7. The van der Waals surface area contributed by atoms with Crippen LogP contribution in [0, 0.1) is 0 Å². The Labute approximate surface area is 218 Å². The van der Waals surface area contributed by atoms with Crippen molar-refractivity contribution in [2.45, 2.75) is 97.0 Å². The van der Waals surface area contributed by atoms with E-state index in [2.05, 4.69) is 55.1 Å². The summed E-state index contributed by atoms with van der Waals surface area (Å²) in [4.78, 5) is 2.52. The van der Waals surface area contributed by atoms with E-state index >= 15 is 0 Å². The number of aliphatic hydroxyl groups is 1. The summed E-state index contributed by atoms with van der Waals surface area (Å²) in [5, 5.41) is 16.8. The molecule has 3 aromatic rings. The number of fused-ring (bicyclic) bond motifs is 3. The molecule has 0 radical (unpaired) electrons. The Kier molecular flexibility index (Phi) is 12.4. The molecular formula is C32H46ClNO. The van der Waals surface area contributed by atoms with Crippen LogP contribution in [0.15, 0.2) is 48.5 Å². The lowest BCUT2D eigenvalue weighted by Gasteiger charge is -2.26. The molecular weight excluding hydrogens is 450 g/mol. The van der Waals surface area contributed by atoms with Gasteiger partial charge in [-0.15, -0.1) is 0 Å². The Balaban J connectivity index is 1.71. The minimum atomic E-state index is -0.511. The van der Waals surface area contributed by atoms with Gasteiger partial charge in [-0.1, -0.05) is 120 Å². The highest BCUT2D eigenvalue weighted by atomic mass is 35.5. The van der Waals surface area contributed by atoms with E-state index in [0.29, 0.717) is 6.54 Å². The zero-order chi connectivity index (χ0) is 24.9. The van der Waals surface area contributed by atoms with Crippen molar-refractivity contribution < 1.29 is 5.11 Å². The molecule has 35 heavy (non-hydrogen) atoms. The van der Waals surface area contributed by atoms with E-state index in [9.17, 15) is 5.11 Å². The third-order valence-electron chi connectivity index (χ3n) is 7.30. The number of rotatable bonds is 17. The van der Waals surface area contributed by atoms with E-state index in [-0.39, 0.29) is 0 Å². The van der Waals surface area contributed by atoms with Crippen molar-refractivity contribution in [3.8, 4) is 0 Å². The highest BCUT2D eigenvalue weighted by Gasteiger charge is 2.18. The van der Waals surface area contributed by atoms with Crippen LogP contribution in [-0.2, 0) is 0 Å². The van der Waals surface area contributed by atoms with Gasteiger partial charge in [0, 0.05) is 11.6 Å². The average Bonchev–Trinajstić information content (AvgIpc) is 2.87. The number of aliphatic hydroxyl groups excluding tert-OH is 1. The van der Waals surface area contributed by atoms with Gasteiger partial charge in [-0.3, -0.25) is 0 Å². The number of unbranched alkanes of at least 4 members (excludes halogenated alkanes) is 10. The maximum absolute atomic E-state index is 11.5. The Bertz CT molecular complexity index is 1000. The van der Waals surface area contributed by atoms with E-state index in [1.54, 1.807) is 0 Å². The van der Waals surface area contributed by atoms with Gasteiger partial charge in [-0.2, -0.15) is 0 Å². The Morgan fingerprint density at radius 2 is 1.29 bits per heavy atom. The molecule has 0 aromatic heterocycles. The molecule has 0 aliphatic rings. The number of benzene rings is 3. The fraction of sp³-hybridized carbons (Fsp3) is 0.562. The van der Waals surface area contributed by atoms with Crippen LogP contribution < -0.4 is 0 Å². The van der Waals surface area contributed by atoms with Crippen LogP contribution in [0.25, 0.3) is 21.5 Å². The molecule has 0 saturated carbocycles. The summed E-state index contributed by atoms with van der Waals surface area (Å²) in [7, 11) is 0. The lowest BCUT2D eigenvalue weighted by molar-refractivity contribution is 0.111. The standard InChI is InChI=1S/C32H46ClNO/c1-3-5-7-9-11-15-21-34(22-16-12-10-8-6-4-2)25-32(35)31-23-26-17-13-14-18-28(26)30-24-27(33)19-20-29(30)31/h13-14,17-20,23-24,32,35H,3-12,15-16,21-22,25H2,1-2H3. The third kappa shape index (κ3) is 8.77. The topological polar surface area (TPSA) is 23.5 Å². The maximum Gasteiger partial charge on any atom is 0.0923 e. The van der Waals surface area contributed by atoms with Gasteiger partial charge in [0.25, 0.3) is 0 Å². The van der Waals surface area contributed by atoms with Crippen molar-refractivity contribution in [1.82, 2.24) is 4.90 Å². The van der Waals surface area contributed by atoms with Crippen LogP contribution in [0.3, 0.4) is 0 Å². The minimum absolute atomic E-state index is 0.511. The molecule has 0 spiro atoms. The number of hydrogen-bond donors (Lipinski definition) is 1. The predicted molar refractivity (Wildman–Crippen MR) is 155 cm³/mol. The van der Waals surface area contributed by atoms with Gasteiger partial charge >= 0.3 is 0 Å². The van der Waals surface area contributed by atoms with E-state index in [4.69, 9.17) is 11.6 Å². The van der Waals surface area contributed by atoms with Crippen molar-refractivity contribution in [3.05, 3.63) is 59.1 Å². The van der Waals surface area contributed by atoms with Crippen LogP contribution >= 0.6 is 11.6 Å². The van der Waals surface area contributed by atoms with Gasteiger partial charge in [-0.05, 0) is 71.2 Å². The summed E-state index contributed by atoms with van der Waals surface area (Å²) < 4.78 is 0. The Morgan fingerprint density at radius 1 is 0.686 bits per heavy atom. The number of hydrogen-bond acceptors (Lipinski definition) is 2. The maximum atomic E-state index is 11.5. The first-order valence-corrected chi connectivity index (χ1v) is 14.5. The van der Waals surface area contributed by atoms with Crippen LogP contribution in [0.2, 0.25) is 5.02 Å². The summed E-state index contributed by atoms with van der Waals surface area (Å²) in [6.07, 6.45) is 15.2. The Hall–Kier alpha value is -1.61. The van der Waals surface area contributed by atoms with Gasteiger partial charge < -0.3 is 10.0 Å². The molecule has 0 saturated heterocycles. The second kappa shape index (κ2) is 15.5. The predicted octanol–water partition coefficient (Wildman–Crippen LogP) is 9.70. The van der Waals surface area contributed by atoms with Crippen molar-refractivity contribution in [2.75, 3.05) is 19.6 Å². The van der Waals surface area contributed by atoms with Crippen molar-refractivity contribution in [3.63, 3.8) is 0 Å². The number of nitrogens with zero attached hydrogens (tertiary/aromatic N) is 1. The average molecular weight is 496 g/mol. The summed E-state index contributed by atoms with van der Waals surface area (Å²) in [6, 6.07) is 16.7. The monoisotopic (exact) mass is 495 g/mol. The largest absolute Gasteiger partial charge is 0.387 e. The fourth-order valence-corrected chi connectivity index (χ4v) is 5.42. The normalized spacial score (nSPS) is 12.7. The summed E-state index contributed by atoms with van der Waals surface area (Å²) in [6.45, 7) is 7.40. The minimum Gasteiger partial charge on any atom is -0.387 e. The summed E-state index contributed by atoms with van der Waals surface area (Å²) >= 11 is 6.37. The zero-order valence-electron chi connectivity index (χ0n) is 22.1. The summed E-state index contributed by atoms with van der Waals surface area (Å²) in [5.41, 5.74) is 1.02. The molecule has 0 aliphatic carbocycles. The molecule has 0 heterocycles. The van der Waals surface area contributed by atoms with Gasteiger partial charge in [0.15, 0.2) is 0 Å². The molecule has 2 nitrogen and oxygen atoms in total. The van der Waals surface area contributed by atoms with Gasteiger partial charge in [-0.25, -0.2) is 0 Å². The van der Waals surface area contributed by atoms with Crippen LogP contribution in [0.1, 0.15) is 103 Å². The molecule has 3 aromatic carbocycles. The number of halogens is 1. The van der Waals surface area contributed by atoms with E-state index in [1.807, 2.05) is 12.1 Å². The molecule has 0 amide bonds. The zero-order valence-corrected chi connectivity index (χ0v) is 22.8. The highest BCUT2D eigenvalue weighted by Crippen LogP contribution is 2.34. The van der Waals surface area contributed by atoms with Crippen molar-refractivity contribution in [2.24, 2.45) is 0 Å². The molecule has 3 heteroatoms. The van der Waals surface area contributed by atoms with E-state index in [1.165, 1.54) is 82.4 Å². The molecule has 3 rings (SSSR count). The molecule has 0 aliphatic heterocycles. The molecule has 192 valence electrons. The molecule has 1 N–H and O–H groups in total. The van der Waals surface area contributed by atoms with Gasteiger partial charge in [0.2, 0.25) is 0 Å². The van der Waals surface area contributed by atoms with E-state index < -0.39 is 6.10 Å². The first-order valence-electron chi connectivity index (χ1n) is 14.1. The quantitative estimate of drug-likeness (QED) is 0.149. The molecule has 1 unspecified atom stereocenters. The van der Waals surface area contributed by atoms with Gasteiger partial charge in [0.1, 0.15) is 0 Å². The second-order valence-electron chi connectivity index (χ2n) is 10.2. The first-order chi connectivity index (χ1) is 17.1. The van der Waals surface area contributed by atoms with Crippen LogP contribution in [0.5, 0.6) is 0 Å².